The molecule has 0 radical (unpaired) electrons. The standard InChI is InChI=1S/C15H16F3NO4/c1-8-12-6-11(20)3-2-9(12)4-10(5-13(21)22)14(23)19(8)7-15(16,17)18/h2-3,6,8,10,20H,4-5,7H2,1H3,(H,21,22)/t8-,10?/m0/s1. The molecule has 0 saturated carbocycles. The molecule has 2 rings (SSSR count). The topological polar surface area (TPSA) is 77.8 Å². The maximum absolute atomic E-state index is 12.8. The molecule has 1 aliphatic rings. The van der Waals surface area contributed by atoms with Crippen LogP contribution in [0.3, 0.4) is 0 Å². The third kappa shape index (κ3) is 3.94. The minimum absolute atomic E-state index is 0.0272. The second kappa shape index (κ2) is 6.10. The highest BCUT2D eigenvalue weighted by molar-refractivity contribution is 5.84. The van der Waals surface area contributed by atoms with Crippen LogP contribution in [0.5, 0.6) is 5.75 Å². The van der Waals surface area contributed by atoms with Gasteiger partial charge in [0.05, 0.1) is 18.4 Å². The minimum Gasteiger partial charge on any atom is -0.508 e. The molecule has 2 atom stereocenters. The van der Waals surface area contributed by atoms with Crippen molar-refractivity contribution in [2.45, 2.75) is 32.0 Å². The molecule has 0 saturated heterocycles. The smallest absolute Gasteiger partial charge is 0.406 e. The number of hydrogen-bond donors (Lipinski definition) is 2. The lowest BCUT2D eigenvalue weighted by molar-refractivity contribution is -0.168. The van der Waals surface area contributed by atoms with Crippen molar-refractivity contribution < 1.29 is 33.0 Å². The first kappa shape index (κ1) is 17.1. The molecule has 1 aromatic carbocycles. The second-order valence-electron chi connectivity index (χ2n) is 5.64. The number of phenols is 1. The Hall–Kier alpha value is -2.25. The Labute approximate surface area is 130 Å². The van der Waals surface area contributed by atoms with Crippen molar-refractivity contribution in [3.8, 4) is 5.75 Å². The molecule has 1 heterocycles. The summed E-state index contributed by atoms with van der Waals surface area (Å²) in [4.78, 5) is 24.0. The van der Waals surface area contributed by atoms with Crippen LogP contribution in [0.15, 0.2) is 18.2 Å². The van der Waals surface area contributed by atoms with Gasteiger partial charge in [0.2, 0.25) is 5.91 Å². The van der Waals surface area contributed by atoms with Crippen molar-refractivity contribution in [3.63, 3.8) is 0 Å². The van der Waals surface area contributed by atoms with E-state index in [1.54, 1.807) is 0 Å². The fraction of sp³-hybridized carbons (Fsp3) is 0.467. The van der Waals surface area contributed by atoms with E-state index < -0.39 is 43.0 Å². The lowest BCUT2D eigenvalue weighted by atomic mass is 9.93. The number of alkyl halides is 3. The van der Waals surface area contributed by atoms with Crippen LogP contribution in [0.4, 0.5) is 13.2 Å². The summed E-state index contributed by atoms with van der Waals surface area (Å²) in [6, 6.07) is 3.29. The number of aliphatic carboxylic acids is 1. The van der Waals surface area contributed by atoms with Crippen LogP contribution >= 0.6 is 0 Å². The monoisotopic (exact) mass is 331 g/mol. The third-order valence-electron chi connectivity index (χ3n) is 3.92. The molecular weight excluding hydrogens is 315 g/mol. The van der Waals surface area contributed by atoms with Gasteiger partial charge in [0.25, 0.3) is 0 Å². The summed E-state index contributed by atoms with van der Waals surface area (Å²) in [5.74, 6) is -3.27. The van der Waals surface area contributed by atoms with Gasteiger partial charge in [-0.1, -0.05) is 6.07 Å². The zero-order valence-electron chi connectivity index (χ0n) is 12.3. The summed E-state index contributed by atoms with van der Waals surface area (Å²) >= 11 is 0. The molecule has 1 unspecified atom stereocenters. The Morgan fingerprint density at radius 3 is 2.61 bits per heavy atom. The SMILES string of the molecule is C[C@H]1c2cc(O)ccc2CC(CC(=O)O)C(=O)N1CC(F)(F)F. The number of nitrogens with zero attached hydrogens (tertiary/aromatic N) is 1. The third-order valence-corrected chi connectivity index (χ3v) is 3.92. The van der Waals surface area contributed by atoms with E-state index in [0.717, 1.165) is 0 Å². The van der Waals surface area contributed by atoms with Crippen molar-refractivity contribution in [2.75, 3.05) is 6.54 Å². The van der Waals surface area contributed by atoms with Crippen molar-refractivity contribution in [2.24, 2.45) is 5.92 Å². The molecule has 2 N–H and O–H groups in total. The molecule has 23 heavy (non-hydrogen) atoms. The Balaban J connectivity index is 2.48. The quantitative estimate of drug-likeness (QED) is 0.892. The number of rotatable bonds is 3. The zero-order valence-corrected chi connectivity index (χ0v) is 12.3. The van der Waals surface area contributed by atoms with Gasteiger partial charge in [-0.05, 0) is 36.6 Å². The van der Waals surface area contributed by atoms with Gasteiger partial charge in [-0.3, -0.25) is 9.59 Å². The highest BCUT2D eigenvalue weighted by atomic mass is 19.4. The molecule has 0 bridgehead atoms. The van der Waals surface area contributed by atoms with Gasteiger partial charge in [0.15, 0.2) is 0 Å². The van der Waals surface area contributed by atoms with Gasteiger partial charge in [-0.2, -0.15) is 13.2 Å². The summed E-state index contributed by atoms with van der Waals surface area (Å²) in [5, 5.41) is 18.5. The van der Waals surface area contributed by atoms with Crippen molar-refractivity contribution in [1.82, 2.24) is 4.90 Å². The normalized spacial score (nSPS) is 21.7. The summed E-state index contributed by atoms with van der Waals surface area (Å²) in [7, 11) is 0. The largest absolute Gasteiger partial charge is 0.508 e. The van der Waals surface area contributed by atoms with E-state index >= 15 is 0 Å². The number of halogens is 3. The number of hydrogen-bond acceptors (Lipinski definition) is 3. The number of carboxylic acids is 1. The van der Waals surface area contributed by atoms with Crippen molar-refractivity contribution in [1.29, 1.82) is 0 Å². The Kier molecular flexibility index (Phi) is 4.53. The van der Waals surface area contributed by atoms with Gasteiger partial charge in [-0.25, -0.2) is 0 Å². The second-order valence-corrected chi connectivity index (χ2v) is 5.64. The lowest BCUT2D eigenvalue weighted by Gasteiger charge is -2.30. The van der Waals surface area contributed by atoms with Gasteiger partial charge < -0.3 is 15.1 Å². The van der Waals surface area contributed by atoms with E-state index in [9.17, 15) is 27.9 Å². The number of carboxylic acid groups (broad SMARTS) is 1. The average molecular weight is 331 g/mol. The maximum Gasteiger partial charge on any atom is 0.406 e. The number of carbonyl (C=O) groups is 2. The Bertz CT molecular complexity index is 630. The Morgan fingerprint density at radius 1 is 1.39 bits per heavy atom. The van der Waals surface area contributed by atoms with Crippen LogP contribution in [0.25, 0.3) is 0 Å². The highest BCUT2D eigenvalue weighted by Gasteiger charge is 2.41. The molecule has 1 amide bonds. The van der Waals surface area contributed by atoms with Crippen LogP contribution in [-0.4, -0.2) is 39.7 Å². The number of amides is 1. The highest BCUT2D eigenvalue weighted by Crippen LogP contribution is 2.36. The van der Waals surface area contributed by atoms with E-state index in [1.165, 1.54) is 25.1 Å². The number of aromatic hydroxyl groups is 1. The fourth-order valence-electron chi connectivity index (χ4n) is 2.88. The van der Waals surface area contributed by atoms with Gasteiger partial charge in [-0.15, -0.1) is 0 Å². The van der Waals surface area contributed by atoms with E-state index in [0.29, 0.717) is 16.0 Å². The zero-order chi connectivity index (χ0) is 17.4. The van der Waals surface area contributed by atoms with Crippen molar-refractivity contribution in [3.05, 3.63) is 29.3 Å². The van der Waals surface area contributed by atoms with Crippen LogP contribution in [-0.2, 0) is 16.0 Å². The average Bonchev–Trinajstić information content (AvgIpc) is 2.50. The first-order chi connectivity index (χ1) is 10.6. The number of phenolic OH excluding ortho intramolecular Hbond substituents is 1. The van der Waals surface area contributed by atoms with E-state index in [2.05, 4.69) is 0 Å². The fourth-order valence-corrected chi connectivity index (χ4v) is 2.88. The van der Waals surface area contributed by atoms with E-state index in [1.807, 2.05) is 0 Å². The van der Waals surface area contributed by atoms with Gasteiger partial charge in [0.1, 0.15) is 12.3 Å². The molecule has 5 nitrogen and oxygen atoms in total. The molecule has 126 valence electrons. The van der Waals surface area contributed by atoms with Crippen LogP contribution < -0.4 is 0 Å². The molecule has 1 aliphatic heterocycles. The van der Waals surface area contributed by atoms with E-state index in [4.69, 9.17) is 5.11 Å². The van der Waals surface area contributed by atoms with Crippen LogP contribution in [0, 0.1) is 5.92 Å². The number of benzene rings is 1. The van der Waals surface area contributed by atoms with Crippen LogP contribution in [0.2, 0.25) is 0 Å². The minimum atomic E-state index is -4.60. The number of fused-ring (bicyclic) bond motifs is 1. The first-order valence-corrected chi connectivity index (χ1v) is 6.99. The molecule has 0 fully saturated rings. The lowest BCUT2D eigenvalue weighted by Crippen LogP contribution is -2.43. The van der Waals surface area contributed by atoms with Gasteiger partial charge >= 0.3 is 12.1 Å². The molecule has 0 aliphatic carbocycles. The predicted octanol–water partition coefficient (Wildman–Crippen LogP) is 2.49. The molecule has 1 aromatic rings. The van der Waals surface area contributed by atoms with E-state index in [-0.39, 0.29) is 12.2 Å². The molecular formula is C15H16F3NO4. The maximum atomic E-state index is 12.8. The molecule has 0 aromatic heterocycles. The van der Waals surface area contributed by atoms with Gasteiger partial charge in [0, 0.05) is 0 Å². The summed E-state index contributed by atoms with van der Waals surface area (Å²) in [6.45, 7) is -0.0245. The molecule has 8 heteroatoms. The predicted molar refractivity (Wildman–Crippen MR) is 73.7 cm³/mol. The van der Waals surface area contributed by atoms with Crippen molar-refractivity contribution >= 4 is 11.9 Å². The Morgan fingerprint density at radius 2 is 2.04 bits per heavy atom. The first-order valence-electron chi connectivity index (χ1n) is 6.99. The number of carbonyl (C=O) groups excluding carboxylic acids is 1. The molecule has 0 spiro atoms. The van der Waals surface area contributed by atoms with Crippen LogP contribution in [0.1, 0.15) is 30.5 Å². The summed E-state index contributed by atoms with van der Waals surface area (Å²) in [6.07, 6.45) is -5.11. The summed E-state index contributed by atoms with van der Waals surface area (Å²) in [5.41, 5.74) is 0.968. The summed E-state index contributed by atoms with van der Waals surface area (Å²) < 4.78 is 38.4.